The van der Waals surface area contributed by atoms with Crippen LogP contribution in [0.3, 0.4) is 0 Å². The number of rotatable bonds is 14. The summed E-state index contributed by atoms with van der Waals surface area (Å²) in [5.74, 6) is 3.52. The third kappa shape index (κ3) is 8.97. The molecule has 202 valence electrons. The Balaban J connectivity index is 1.36. The number of fused-ring (bicyclic) bond motifs is 2. The van der Waals surface area contributed by atoms with Crippen LogP contribution in [0.5, 0.6) is 5.75 Å². The van der Waals surface area contributed by atoms with Gasteiger partial charge in [-0.1, -0.05) is 20.8 Å². The van der Waals surface area contributed by atoms with E-state index in [4.69, 9.17) is 4.74 Å². The highest BCUT2D eigenvalue weighted by molar-refractivity contribution is 5.80. The van der Waals surface area contributed by atoms with Crippen molar-refractivity contribution in [2.24, 2.45) is 29.1 Å². The maximum absolute atomic E-state index is 13.8. The van der Waals surface area contributed by atoms with Gasteiger partial charge in [0, 0.05) is 31.4 Å². The third-order valence-corrected chi connectivity index (χ3v) is 8.52. The van der Waals surface area contributed by atoms with Crippen LogP contribution < -0.4 is 10.1 Å². The maximum Gasteiger partial charge on any atom is 0.146 e. The largest absolute Gasteiger partial charge is 0.497 e. The molecule has 2 unspecified atom stereocenters. The van der Waals surface area contributed by atoms with E-state index >= 15 is 0 Å². The summed E-state index contributed by atoms with van der Waals surface area (Å²) in [6, 6.07) is 4.53. The van der Waals surface area contributed by atoms with Crippen molar-refractivity contribution in [2.45, 2.75) is 104 Å². The minimum absolute atomic E-state index is 0.123. The van der Waals surface area contributed by atoms with Crippen molar-refractivity contribution < 1.29 is 18.7 Å². The number of ketones is 2. The molecule has 2 saturated carbocycles. The topological polar surface area (TPSA) is 55.4 Å². The molecule has 36 heavy (non-hydrogen) atoms. The van der Waals surface area contributed by atoms with Crippen molar-refractivity contribution in [2.75, 3.05) is 13.7 Å². The molecule has 2 bridgehead atoms. The summed E-state index contributed by atoms with van der Waals surface area (Å²) in [7, 11) is 1.52. The maximum atomic E-state index is 13.8. The number of hydrogen-bond donors (Lipinski definition) is 1. The van der Waals surface area contributed by atoms with Gasteiger partial charge in [-0.25, -0.2) is 4.39 Å². The van der Waals surface area contributed by atoms with Crippen molar-refractivity contribution in [3.05, 3.63) is 29.6 Å². The Kier molecular flexibility index (Phi) is 10.5. The van der Waals surface area contributed by atoms with Crippen LogP contribution in [0.1, 0.15) is 110 Å². The van der Waals surface area contributed by atoms with Gasteiger partial charge in [0.15, 0.2) is 0 Å². The van der Waals surface area contributed by atoms with E-state index in [-0.39, 0.29) is 17.6 Å². The van der Waals surface area contributed by atoms with Crippen molar-refractivity contribution in [3.63, 3.8) is 0 Å². The zero-order valence-corrected chi connectivity index (χ0v) is 23.2. The summed E-state index contributed by atoms with van der Waals surface area (Å²) < 4.78 is 19.0. The molecule has 1 aromatic carbocycles. The molecule has 0 aromatic heterocycles. The fourth-order valence-electron chi connectivity index (χ4n) is 6.62. The van der Waals surface area contributed by atoms with Gasteiger partial charge in [0.2, 0.25) is 0 Å². The molecule has 2 aliphatic carbocycles. The summed E-state index contributed by atoms with van der Waals surface area (Å²) in [4.78, 5) is 25.1. The number of Topliss-reactive ketones (excluding diaryl/α,β-unsaturated/α-hetero) is 2. The number of methoxy groups -OCH3 is 1. The number of halogens is 1. The van der Waals surface area contributed by atoms with E-state index in [2.05, 4.69) is 26.1 Å². The van der Waals surface area contributed by atoms with Crippen LogP contribution in [-0.4, -0.2) is 25.2 Å². The summed E-state index contributed by atoms with van der Waals surface area (Å²) in [5.41, 5.74) is 1.09. The van der Waals surface area contributed by atoms with Gasteiger partial charge < -0.3 is 10.1 Å². The minimum Gasteiger partial charge on any atom is -0.497 e. The molecular weight excluding hydrogens is 453 g/mol. The molecule has 0 saturated heterocycles. The predicted octanol–water partition coefficient (Wildman–Crippen LogP) is 7.45. The molecule has 5 atom stereocenters. The number of hydrogen-bond acceptors (Lipinski definition) is 4. The number of ether oxygens (including phenoxy) is 1. The summed E-state index contributed by atoms with van der Waals surface area (Å²) >= 11 is 0. The first kappa shape index (κ1) is 28.8. The fraction of sp³-hybridized carbons (Fsp3) is 0.742. The average Bonchev–Trinajstić information content (AvgIpc) is 3.04. The highest BCUT2D eigenvalue weighted by Gasteiger charge is 2.42. The highest BCUT2D eigenvalue weighted by atomic mass is 19.1. The predicted molar refractivity (Wildman–Crippen MR) is 144 cm³/mol. The first-order chi connectivity index (χ1) is 17.0. The van der Waals surface area contributed by atoms with E-state index in [0.717, 1.165) is 68.3 Å². The molecule has 1 N–H and O–H groups in total. The van der Waals surface area contributed by atoms with Gasteiger partial charge in [0.1, 0.15) is 23.1 Å². The number of carbonyl (C=O) groups excluding carboxylic acids is 2. The molecule has 0 spiro atoms. The smallest absolute Gasteiger partial charge is 0.146 e. The van der Waals surface area contributed by atoms with Gasteiger partial charge in [-0.3, -0.25) is 9.59 Å². The Morgan fingerprint density at radius 3 is 2.36 bits per heavy atom. The van der Waals surface area contributed by atoms with Crippen LogP contribution in [0.2, 0.25) is 0 Å². The zero-order valence-electron chi connectivity index (χ0n) is 23.2. The normalized spacial score (nSPS) is 24.5. The summed E-state index contributed by atoms with van der Waals surface area (Å²) in [6.07, 6.45) is 11.3. The van der Waals surface area contributed by atoms with E-state index in [1.54, 1.807) is 0 Å². The van der Waals surface area contributed by atoms with Gasteiger partial charge in [-0.05, 0) is 105 Å². The molecule has 0 radical (unpaired) electrons. The monoisotopic (exact) mass is 501 g/mol. The lowest BCUT2D eigenvalue weighted by atomic mass is 9.70. The molecule has 3 rings (SSSR count). The van der Waals surface area contributed by atoms with E-state index in [0.29, 0.717) is 35.8 Å². The second-order valence-corrected chi connectivity index (χ2v) is 12.7. The number of nitrogens with one attached hydrogen (secondary N) is 1. The van der Waals surface area contributed by atoms with E-state index in [9.17, 15) is 14.0 Å². The van der Waals surface area contributed by atoms with Gasteiger partial charge in [-0.2, -0.15) is 0 Å². The van der Waals surface area contributed by atoms with Crippen LogP contribution in [0.25, 0.3) is 0 Å². The van der Waals surface area contributed by atoms with E-state index < -0.39 is 0 Å². The highest BCUT2D eigenvalue weighted by Crippen LogP contribution is 2.51. The fourth-order valence-corrected chi connectivity index (χ4v) is 6.62. The Hall–Kier alpha value is -1.75. The molecule has 0 heterocycles. The van der Waals surface area contributed by atoms with Crippen LogP contribution in [0, 0.1) is 34.9 Å². The number of carbonyl (C=O) groups is 2. The lowest BCUT2D eigenvalue weighted by Gasteiger charge is -2.35. The first-order valence-corrected chi connectivity index (χ1v) is 14.2. The molecule has 2 fully saturated rings. The molecule has 0 amide bonds. The Bertz CT molecular complexity index is 863. The van der Waals surface area contributed by atoms with Gasteiger partial charge in [0.05, 0.1) is 13.7 Å². The third-order valence-electron chi connectivity index (χ3n) is 8.52. The van der Waals surface area contributed by atoms with Crippen molar-refractivity contribution in [3.8, 4) is 5.75 Å². The van der Waals surface area contributed by atoms with Gasteiger partial charge >= 0.3 is 0 Å². The molecule has 2 aliphatic rings. The SMILES string of the molecule is COc1cc(F)cc([C@@H](C)NCC(=O)CC2C[C@H]3CC[C@@H](C2)C3CCCC(=O)CCCC(C)(C)C)c1. The van der Waals surface area contributed by atoms with Crippen LogP contribution in [0.15, 0.2) is 18.2 Å². The van der Waals surface area contributed by atoms with Crippen molar-refractivity contribution in [1.82, 2.24) is 5.32 Å². The summed E-state index contributed by atoms with van der Waals surface area (Å²) in [5, 5.41) is 3.27. The van der Waals surface area contributed by atoms with E-state index in [1.807, 2.05) is 13.0 Å². The van der Waals surface area contributed by atoms with Crippen LogP contribution >= 0.6 is 0 Å². The Morgan fingerprint density at radius 2 is 1.72 bits per heavy atom. The Labute approximate surface area is 218 Å². The minimum atomic E-state index is -0.332. The number of benzene rings is 1. The zero-order chi connectivity index (χ0) is 26.3. The van der Waals surface area contributed by atoms with E-state index in [1.165, 1.54) is 38.5 Å². The van der Waals surface area contributed by atoms with Crippen molar-refractivity contribution >= 4 is 11.6 Å². The average molecular weight is 502 g/mol. The second-order valence-electron chi connectivity index (χ2n) is 12.7. The lowest BCUT2D eigenvalue weighted by Crippen LogP contribution is -2.31. The molecule has 1 aromatic rings. The Morgan fingerprint density at radius 1 is 1.06 bits per heavy atom. The first-order valence-electron chi connectivity index (χ1n) is 14.2. The standard InChI is InChI=1S/C31H48FNO3/c1-21(25-17-26(32)19-29(18-25)36-5)33-20-28(35)16-22-14-23-11-12-24(15-22)30(23)10-6-8-27(34)9-7-13-31(2,3)4/h17-19,21-24,30,33H,6-16,20H2,1-5H3/t21-,22?,23-,24+,30?/m1/s1. The van der Waals surface area contributed by atoms with Crippen LogP contribution in [0.4, 0.5) is 4.39 Å². The van der Waals surface area contributed by atoms with Gasteiger partial charge in [0.25, 0.3) is 0 Å². The molecular formula is C31H48FNO3. The van der Waals surface area contributed by atoms with Crippen LogP contribution in [-0.2, 0) is 9.59 Å². The van der Waals surface area contributed by atoms with Gasteiger partial charge in [-0.15, -0.1) is 0 Å². The van der Waals surface area contributed by atoms with Crippen molar-refractivity contribution in [1.29, 1.82) is 0 Å². The molecule has 0 aliphatic heterocycles. The lowest BCUT2D eigenvalue weighted by molar-refractivity contribution is -0.120. The quantitative estimate of drug-likeness (QED) is 0.288. The molecule has 5 heteroatoms. The second kappa shape index (κ2) is 13.2. The summed E-state index contributed by atoms with van der Waals surface area (Å²) in [6.45, 7) is 8.96. The molecule has 4 nitrogen and oxygen atoms in total.